The topological polar surface area (TPSA) is 73.1 Å². The molecule has 0 saturated carbocycles. The molecule has 3 aromatic rings. The highest BCUT2D eigenvalue weighted by Gasteiger charge is 2.23. The fraction of sp³-hybridized carbons (Fsp3) is 0.208. The number of aliphatic imine (C=N–C) groups is 1. The van der Waals surface area contributed by atoms with E-state index in [-0.39, 0.29) is 5.02 Å². The van der Waals surface area contributed by atoms with Crippen LogP contribution in [0.3, 0.4) is 0 Å². The summed E-state index contributed by atoms with van der Waals surface area (Å²) in [4.78, 5) is 11.3. The maximum Gasteiger partial charge on any atom is 0.141 e. The van der Waals surface area contributed by atoms with Crippen LogP contribution in [0.25, 0.3) is 0 Å². The van der Waals surface area contributed by atoms with Gasteiger partial charge in [-0.15, -0.1) is 0 Å². The first-order chi connectivity index (χ1) is 15.5. The molecule has 6 nitrogen and oxygen atoms in total. The molecule has 32 heavy (non-hydrogen) atoms. The van der Waals surface area contributed by atoms with Crippen molar-refractivity contribution in [2.75, 3.05) is 30.4 Å². The zero-order valence-electron chi connectivity index (χ0n) is 17.6. The van der Waals surface area contributed by atoms with Gasteiger partial charge in [0.2, 0.25) is 0 Å². The molecule has 2 aromatic carbocycles. The van der Waals surface area contributed by atoms with Crippen molar-refractivity contribution in [3.8, 4) is 0 Å². The number of likely N-dealkylation sites (N-methyl/N-ethyl adjacent to an activating group) is 1. The number of para-hydroxylation sites is 1. The third-order valence-electron chi connectivity index (χ3n) is 5.38. The van der Waals surface area contributed by atoms with Crippen LogP contribution in [-0.4, -0.2) is 41.9 Å². The largest absolute Gasteiger partial charge is 0.411 e. The molecule has 0 amide bonds. The van der Waals surface area contributed by atoms with Gasteiger partial charge in [0.1, 0.15) is 17.5 Å². The van der Waals surface area contributed by atoms with Crippen molar-refractivity contribution in [1.82, 2.24) is 4.98 Å². The Morgan fingerprint density at radius 2 is 2.03 bits per heavy atom. The lowest BCUT2D eigenvalue weighted by molar-refractivity contribution is 0.318. The molecular formula is C24H23ClFN5O. The molecule has 0 spiro atoms. The number of nitrogens with zero attached hydrogens (tertiary/aromatic N) is 4. The van der Waals surface area contributed by atoms with Gasteiger partial charge in [0.15, 0.2) is 0 Å². The van der Waals surface area contributed by atoms with Gasteiger partial charge in [-0.2, -0.15) is 0 Å². The van der Waals surface area contributed by atoms with Gasteiger partial charge in [0.05, 0.1) is 17.3 Å². The molecule has 1 aromatic heterocycles. The highest BCUT2D eigenvalue weighted by atomic mass is 35.5. The first-order valence-corrected chi connectivity index (χ1v) is 10.6. The summed E-state index contributed by atoms with van der Waals surface area (Å²) in [7, 11) is 2.04. The van der Waals surface area contributed by atoms with Crippen molar-refractivity contribution < 1.29 is 9.60 Å². The summed E-state index contributed by atoms with van der Waals surface area (Å²) in [6, 6.07) is 16.4. The summed E-state index contributed by atoms with van der Waals surface area (Å²) >= 11 is 5.89. The third-order valence-corrected chi connectivity index (χ3v) is 5.67. The van der Waals surface area contributed by atoms with Crippen molar-refractivity contribution in [1.29, 1.82) is 0 Å². The second kappa shape index (κ2) is 9.78. The SMILES string of the molecule is CN(CCN=C1Cc2c(/C(Cc3ccc(F)c(Cl)c3)=N/O)ccnc2N1)c1ccccc1. The number of hydrogen-bond donors (Lipinski definition) is 2. The molecule has 0 bridgehead atoms. The highest BCUT2D eigenvalue weighted by Crippen LogP contribution is 2.26. The van der Waals surface area contributed by atoms with Crippen molar-refractivity contribution in [2.24, 2.45) is 10.1 Å². The Morgan fingerprint density at radius 1 is 1.22 bits per heavy atom. The quantitative estimate of drug-likeness (QED) is 0.307. The van der Waals surface area contributed by atoms with E-state index in [2.05, 4.69) is 32.5 Å². The van der Waals surface area contributed by atoms with Crippen LogP contribution < -0.4 is 10.2 Å². The number of fused-ring (bicyclic) bond motifs is 1. The first kappa shape index (κ1) is 21.8. The summed E-state index contributed by atoms with van der Waals surface area (Å²) in [6.07, 6.45) is 2.54. The molecule has 2 N–H and O–H groups in total. The molecule has 164 valence electrons. The van der Waals surface area contributed by atoms with E-state index in [4.69, 9.17) is 16.6 Å². The van der Waals surface area contributed by atoms with E-state index in [0.717, 1.165) is 34.8 Å². The second-order valence-corrected chi connectivity index (χ2v) is 7.95. The van der Waals surface area contributed by atoms with Crippen LogP contribution >= 0.6 is 11.6 Å². The number of halogens is 2. The maximum absolute atomic E-state index is 13.5. The summed E-state index contributed by atoms with van der Waals surface area (Å²) in [5.41, 5.74) is 4.04. The van der Waals surface area contributed by atoms with Gasteiger partial charge in [-0.3, -0.25) is 4.99 Å². The van der Waals surface area contributed by atoms with Crippen LogP contribution in [0.4, 0.5) is 15.9 Å². The van der Waals surface area contributed by atoms with Gasteiger partial charge < -0.3 is 15.4 Å². The van der Waals surface area contributed by atoms with E-state index in [1.54, 1.807) is 12.3 Å². The first-order valence-electron chi connectivity index (χ1n) is 10.2. The molecule has 0 unspecified atom stereocenters. The van der Waals surface area contributed by atoms with E-state index in [9.17, 15) is 9.60 Å². The average molecular weight is 452 g/mol. The van der Waals surface area contributed by atoms with E-state index in [1.807, 2.05) is 31.3 Å². The van der Waals surface area contributed by atoms with Gasteiger partial charge in [-0.05, 0) is 35.9 Å². The van der Waals surface area contributed by atoms with E-state index < -0.39 is 5.82 Å². The monoisotopic (exact) mass is 451 g/mol. The Kier molecular flexibility index (Phi) is 6.66. The predicted octanol–water partition coefficient (Wildman–Crippen LogP) is 4.80. The van der Waals surface area contributed by atoms with Crippen LogP contribution in [0.15, 0.2) is 70.9 Å². The lowest BCUT2D eigenvalue weighted by Gasteiger charge is -2.17. The Balaban J connectivity index is 1.46. The minimum absolute atomic E-state index is 0.0382. The van der Waals surface area contributed by atoms with Crippen molar-refractivity contribution >= 4 is 34.7 Å². The van der Waals surface area contributed by atoms with Crippen LogP contribution in [0.5, 0.6) is 0 Å². The number of oxime groups is 1. The summed E-state index contributed by atoms with van der Waals surface area (Å²) in [6.45, 7) is 1.41. The lowest BCUT2D eigenvalue weighted by atomic mass is 9.98. The molecular weight excluding hydrogens is 429 g/mol. The predicted molar refractivity (Wildman–Crippen MR) is 127 cm³/mol. The van der Waals surface area contributed by atoms with Crippen molar-refractivity contribution in [3.63, 3.8) is 0 Å². The van der Waals surface area contributed by atoms with Crippen LogP contribution in [0.2, 0.25) is 5.02 Å². The van der Waals surface area contributed by atoms with Gasteiger partial charge in [-0.1, -0.05) is 41.0 Å². The fourth-order valence-electron chi connectivity index (χ4n) is 3.67. The molecule has 0 aliphatic carbocycles. The van der Waals surface area contributed by atoms with Crippen molar-refractivity contribution in [3.05, 3.63) is 88.3 Å². The summed E-state index contributed by atoms with van der Waals surface area (Å²) in [5, 5.41) is 16.5. The van der Waals surface area contributed by atoms with Crippen LogP contribution in [-0.2, 0) is 12.8 Å². The number of rotatable bonds is 7. The van der Waals surface area contributed by atoms with Gasteiger partial charge in [-0.25, -0.2) is 9.37 Å². The number of aromatic nitrogens is 1. The zero-order chi connectivity index (χ0) is 22.5. The summed E-state index contributed by atoms with van der Waals surface area (Å²) in [5.74, 6) is 1.05. The molecule has 4 rings (SSSR count). The molecule has 8 heteroatoms. The van der Waals surface area contributed by atoms with Crippen molar-refractivity contribution in [2.45, 2.75) is 12.8 Å². The van der Waals surface area contributed by atoms with E-state index in [1.165, 1.54) is 12.1 Å². The lowest BCUT2D eigenvalue weighted by Crippen LogP contribution is -2.21. The Bertz CT molecular complexity index is 1170. The van der Waals surface area contributed by atoms with Crippen LogP contribution in [0, 0.1) is 5.82 Å². The number of nitrogens with one attached hydrogen (secondary N) is 1. The number of benzene rings is 2. The number of anilines is 2. The highest BCUT2D eigenvalue weighted by molar-refractivity contribution is 6.30. The van der Waals surface area contributed by atoms with Crippen LogP contribution in [0.1, 0.15) is 16.7 Å². The minimum atomic E-state index is -0.481. The second-order valence-electron chi connectivity index (χ2n) is 7.54. The Hall–Kier alpha value is -3.45. The molecule has 0 saturated heterocycles. The smallest absolute Gasteiger partial charge is 0.141 e. The molecule has 1 aliphatic heterocycles. The number of hydrogen-bond acceptors (Lipinski definition) is 5. The maximum atomic E-state index is 13.5. The Labute approximate surface area is 191 Å². The molecule has 2 heterocycles. The minimum Gasteiger partial charge on any atom is -0.411 e. The Morgan fingerprint density at radius 3 is 2.78 bits per heavy atom. The van der Waals surface area contributed by atoms with Gasteiger partial charge >= 0.3 is 0 Å². The zero-order valence-corrected chi connectivity index (χ0v) is 18.3. The standard InChI is InChI=1S/C24H23ClFN5O/c1-31(17-5-3-2-4-6-17)12-11-27-23-15-19-18(9-10-28-24(19)29-23)22(30-32)14-16-7-8-21(26)20(25)13-16/h2-10,13,32H,11-12,14-15H2,1H3,(H,27,28,29)/b30-22+. The number of pyridine rings is 1. The average Bonchev–Trinajstić information content (AvgIpc) is 3.23. The van der Waals surface area contributed by atoms with E-state index >= 15 is 0 Å². The summed E-state index contributed by atoms with van der Waals surface area (Å²) < 4.78 is 13.5. The van der Waals surface area contributed by atoms with E-state index in [0.29, 0.717) is 30.9 Å². The molecule has 1 aliphatic rings. The third kappa shape index (κ3) is 4.89. The van der Waals surface area contributed by atoms with Gasteiger partial charge in [0, 0.05) is 49.4 Å². The molecule has 0 radical (unpaired) electrons. The molecule has 0 atom stereocenters. The fourth-order valence-corrected chi connectivity index (χ4v) is 3.87. The molecule has 0 fully saturated rings. The number of amidine groups is 1. The normalized spacial score (nSPS) is 14.3. The van der Waals surface area contributed by atoms with Gasteiger partial charge in [0.25, 0.3) is 0 Å².